The minimum atomic E-state index is -4.52. The van der Waals surface area contributed by atoms with Gasteiger partial charge in [-0.1, -0.05) is 42.5 Å². The van der Waals surface area contributed by atoms with Crippen molar-refractivity contribution in [3.8, 4) is 0 Å². The summed E-state index contributed by atoms with van der Waals surface area (Å²) in [5.74, 6) is -1.30. The van der Waals surface area contributed by atoms with E-state index in [9.17, 15) is 24.5 Å². The Kier molecular flexibility index (Phi) is 5.05. The first-order valence-corrected chi connectivity index (χ1v) is 8.13. The first-order valence-electron chi connectivity index (χ1n) is 6.45. The largest absolute Gasteiger partial charge is 0.346 e. The number of rotatable bonds is 6. The molecule has 3 N–H and O–H groups in total. The van der Waals surface area contributed by atoms with Gasteiger partial charge < -0.3 is 9.79 Å². The Morgan fingerprint density at radius 1 is 1.14 bits per heavy atom. The molecule has 2 aromatic carbocycles. The Balaban J connectivity index is 2.25. The summed E-state index contributed by atoms with van der Waals surface area (Å²) in [5, 5.41) is 13.6. The fourth-order valence-electron chi connectivity index (χ4n) is 2.05. The smallest absolute Gasteiger partial charge is 0.323 e. The molecule has 0 radical (unpaired) electrons. The van der Waals surface area contributed by atoms with Gasteiger partial charge in [-0.05, 0) is 11.1 Å². The number of non-ortho nitro benzene ring substituents is 1. The highest BCUT2D eigenvalue weighted by atomic mass is 31.2. The van der Waals surface area contributed by atoms with Gasteiger partial charge in [0.1, 0.15) is 5.78 Å². The molecular formula is C14H15N2O5P. The summed E-state index contributed by atoms with van der Waals surface area (Å²) in [7, 11) is -4.52. The van der Waals surface area contributed by atoms with Crippen LogP contribution in [0.1, 0.15) is 16.9 Å². The Morgan fingerprint density at radius 2 is 1.82 bits per heavy atom. The van der Waals surface area contributed by atoms with Gasteiger partial charge in [-0.25, -0.2) is 0 Å². The maximum Gasteiger partial charge on any atom is 0.346 e. The van der Waals surface area contributed by atoms with Crippen LogP contribution in [0.4, 0.5) is 5.69 Å². The molecular weight excluding hydrogens is 307 g/mol. The van der Waals surface area contributed by atoms with Crippen molar-refractivity contribution in [2.75, 3.05) is 0 Å². The zero-order valence-electron chi connectivity index (χ0n) is 11.5. The van der Waals surface area contributed by atoms with E-state index in [-0.39, 0.29) is 17.8 Å². The average molecular weight is 322 g/mol. The number of hydrogen-bond donors (Lipinski definition) is 3. The van der Waals surface area contributed by atoms with Crippen molar-refractivity contribution in [2.45, 2.75) is 12.3 Å². The fraction of sp³-hybridized carbons (Fsp3) is 0.143. The van der Waals surface area contributed by atoms with Crippen LogP contribution >= 0.6 is 7.60 Å². The van der Waals surface area contributed by atoms with E-state index < -0.39 is 18.3 Å². The Morgan fingerprint density at radius 3 is 2.41 bits per heavy atom. The molecule has 8 heteroatoms. The number of nitro groups is 1. The highest BCUT2D eigenvalue weighted by Gasteiger charge is 2.30. The second-order valence-corrected chi connectivity index (χ2v) is 6.40. The summed E-state index contributed by atoms with van der Waals surface area (Å²) < 4.78 is 11.7. The summed E-state index contributed by atoms with van der Waals surface area (Å²) >= 11 is 0. The van der Waals surface area contributed by atoms with E-state index in [4.69, 9.17) is 0 Å². The molecule has 22 heavy (non-hydrogen) atoms. The number of nitro benzene ring substituents is 1. The molecule has 1 atom stereocenters. The molecule has 116 valence electrons. The van der Waals surface area contributed by atoms with Gasteiger partial charge in [0.2, 0.25) is 0 Å². The molecule has 0 aliphatic heterocycles. The van der Waals surface area contributed by atoms with E-state index in [0.29, 0.717) is 0 Å². The monoisotopic (exact) mass is 322 g/mol. The van der Waals surface area contributed by atoms with E-state index >= 15 is 0 Å². The van der Waals surface area contributed by atoms with Crippen LogP contribution in [0.2, 0.25) is 0 Å². The lowest BCUT2D eigenvalue weighted by molar-refractivity contribution is -0.384. The van der Waals surface area contributed by atoms with E-state index in [1.807, 2.05) is 30.3 Å². The summed E-state index contributed by atoms with van der Waals surface area (Å²) in [5.41, 5.74) is 0.822. The molecule has 0 fully saturated rings. The SMILES string of the molecule is O=[N+]([O-])c1cccc([C@H](NCc2ccccc2)P(=O)(O)O)c1. The molecule has 0 bridgehead atoms. The van der Waals surface area contributed by atoms with Crippen LogP contribution in [0.25, 0.3) is 0 Å². The normalized spacial score (nSPS) is 12.8. The van der Waals surface area contributed by atoms with Crippen molar-refractivity contribution >= 4 is 13.3 Å². The van der Waals surface area contributed by atoms with Crippen LogP contribution in [0.3, 0.4) is 0 Å². The summed E-state index contributed by atoms with van der Waals surface area (Å²) in [6.07, 6.45) is 0. The van der Waals surface area contributed by atoms with Crippen LogP contribution in [0.5, 0.6) is 0 Å². The fourth-order valence-corrected chi connectivity index (χ4v) is 2.93. The van der Waals surface area contributed by atoms with Crippen molar-refractivity contribution in [1.29, 1.82) is 0 Å². The van der Waals surface area contributed by atoms with E-state index in [0.717, 1.165) is 5.56 Å². The molecule has 0 spiro atoms. The topological polar surface area (TPSA) is 113 Å². The first-order chi connectivity index (χ1) is 10.4. The molecule has 0 aliphatic carbocycles. The third kappa shape index (κ3) is 4.22. The molecule has 2 rings (SSSR count). The first kappa shape index (κ1) is 16.3. The van der Waals surface area contributed by atoms with Crippen LogP contribution < -0.4 is 5.32 Å². The van der Waals surface area contributed by atoms with Crippen molar-refractivity contribution in [3.63, 3.8) is 0 Å². The van der Waals surface area contributed by atoms with Crippen LogP contribution in [0, 0.1) is 10.1 Å². The number of nitrogens with zero attached hydrogens (tertiary/aromatic N) is 1. The van der Waals surface area contributed by atoms with Gasteiger partial charge in [0.05, 0.1) is 4.92 Å². The molecule has 0 saturated carbocycles. The third-order valence-electron chi connectivity index (χ3n) is 3.08. The highest BCUT2D eigenvalue weighted by Crippen LogP contribution is 2.50. The third-order valence-corrected chi connectivity index (χ3v) is 4.23. The molecule has 0 aliphatic rings. The summed E-state index contributed by atoms with van der Waals surface area (Å²) in [4.78, 5) is 29.2. The van der Waals surface area contributed by atoms with E-state index in [1.165, 1.54) is 24.3 Å². The van der Waals surface area contributed by atoms with Crippen molar-refractivity contribution < 1.29 is 19.3 Å². The van der Waals surface area contributed by atoms with Gasteiger partial charge in [0.15, 0.2) is 0 Å². The van der Waals surface area contributed by atoms with Crippen molar-refractivity contribution in [3.05, 3.63) is 75.8 Å². The van der Waals surface area contributed by atoms with Gasteiger partial charge >= 0.3 is 7.60 Å². The molecule has 0 saturated heterocycles. The maximum atomic E-state index is 11.7. The van der Waals surface area contributed by atoms with Gasteiger partial charge in [-0.2, -0.15) is 0 Å². The van der Waals surface area contributed by atoms with Crippen LogP contribution in [-0.4, -0.2) is 14.7 Å². The van der Waals surface area contributed by atoms with Gasteiger partial charge in [0, 0.05) is 18.7 Å². The molecule has 0 heterocycles. The Hall–Kier alpha value is -2.05. The lowest BCUT2D eigenvalue weighted by Crippen LogP contribution is -2.21. The molecule has 2 aromatic rings. The number of nitrogens with one attached hydrogen (secondary N) is 1. The maximum absolute atomic E-state index is 11.7. The number of hydrogen-bond acceptors (Lipinski definition) is 4. The molecule has 0 amide bonds. The van der Waals surface area contributed by atoms with E-state index in [1.54, 1.807) is 0 Å². The van der Waals surface area contributed by atoms with Gasteiger partial charge in [-0.3, -0.25) is 20.0 Å². The second kappa shape index (κ2) is 6.81. The minimum absolute atomic E-state index is 0.179. The molecule has 0 unspecified atom stereocenters. The standard InChI is InChI=1S/C14H15N2O5P/c17-16(18)13-8-4-7-12(9-13)14(22(19,20)21)15-10-11-5-2-1-3-6-11/h1-9,14-15H,10H2,(H2,19,20,21)/t14-/m1/s1. The Bertz CT molecular complexity index is 701. The number of benzene rings is 2. The van der Waals surface area contributed by atoms with Gasteiger partial charge in [-0.15, -0.1) is 0 Å². The quantitative estimate of drug-likeness (QED) is 0.428. The van der Waals surface area contributed by atoms with Crippen molar-refractivity contribution in [2.24, 2.45) is 0 Å². The molecule has 7 nitrogen and oxygen atoms in total. The second-order valence-electron chi connectivity index (χ2n) is 4.71. The average Bonchev–Trinajstić information content (AvgIpc) is 2.47. The summed E-state index contributed by atoms with van der Waals surface area (Å²) in [6, 6.07) is 14.4. The Labute approximate surface area is 126 Å². The van der Waals surface area contributed by atoms with Gasteiger partial charge in [0.25, 0.3) is 5.69 Å². The highest BCUT2D eigenvalue weighted by molar-refractivity contribution is 7.52. The zero-order valence-corrected chi connectivity index (χ0v) is 12.4. The molecule has 0 aromatic heterocycles. The zero-order chi connectivity index (χ0) is 16.2. The van der Waals surface area contributed by atoms with E-state index in [2.05, 4.69) is 5.32 Å². The minimum Gasteiger partial charge on any atom is -0.323 e. The lowest BCUT2D eigenvalue weighted by Gasteiger charge is -2.20. The van der Waals surface area contributed by atoms with Crippen molar-refractivity contribution in [1.82, 2.24) is 5.32 Å². The predicted octanol–water partition coefficient (Wildman–Crippen LogP) is 2.56. The van der Waals surface area contributed by atoms with Crippen LogP contribution in [0.15, 0.2) is 54.6 Å². The lowest BCUT2D eigenvalue weighted by atomic mass is 10.2. The van der Waals surface area contributed by atoms with Crippen LogP contribution in [-0.2, 0) is 11.1 Å². The predicted molar refractivity (Wildman–Crippen MR) is 81.2 cm³/mol. The summed E-state index contributed by atoms with van der Waals surface area (Å²) in [6.45, 7) is 0.235.